The third-order valence-electron chi connectivity index (χ3n) is 3.17. The molecule has 1 aromatic heterocycles. The molecule has 20 heavy (non-hydrogen) atoms. The molecule has 1 N–H and O–H groups in total. The van der Waals surface area contributed by atoms with Gasteiger partial charge in [-0.3, -0.25) is 0 Å². The first-order valence-corrected chi connectivity index (χ1v) is 6.71. The van der Waals surface area contributed by atoms with Crippen molar-refractivity contribution in [1.82, 2.24) is 10.1 Å². The summed E-state index contributed by atoms with van der Waals surface area (Å²) in [5, 5.41) is 7.18. The van der Waals surface area contributed by atoms with Gasteiger partial charge in [0.25, 0.3) is 11.8 Å². The van der Waals surface area contributed by atoms with Crippen LogP contribution in [0.2, 0.25) is 0 Å². The molecule has 2 aromatic rings. The van der Waals surface area contributed by atoms with Crippen molar-refractivity contribution in [3.8, 4) is 11.5 Å². The highest BCUT2D eigenvalue weighted by atomic mass is 16.5. The molecule has 0 amide bonds. The van der Waals surface area contributed by atoms with Crippen molar-refractivity contribution in [1.29, 1.82) is 0 Å². The Kier molecular flexibility index (Phi) is 4.39. The number of methoxy groups -OCH3 is 1. The molecule has 0 aliphatic rings. The molecular weight excluding hydrogens is 254 g/mol. The smallest absolute Gasteiger partial charge is 0.263 e. The summed E-state index contributed by atoms with van der Waals surface area (Å²) < 4.78 is 10.7. The van der Waals surface area contributed by atoms with Crippen molar-refractivity contribution in [2.75, 3.05) is 12.4 Å². The average molecular weight is 275 g/mol. The molecule has 108 valence electrons. The monoisotopic (exact) mass is 275 g/mol. The largest absolute Gasteiger partial charge is 0.379 e. The predicted molar refractivity (Wildman–Crippen MR) is 78.5 cm³/mol. The van der Waals surface area contributed by atoms with Crippen LogP contribution in [-0.2, 0) is 4.74 Å². The van der Waals surface area contributed by atoms with Gasteiger partial charge >= 0.3 is 0 Å². The zero-order chi connectivity index (χ0) is 14.6. The summed E-state index contributed by atoms with van der Waals surface area (Å²) in [4.78, 5) is 4.35. The van der Waals surface area contributed by atoms with Crippen LogP contribution in [0.1, 0.15) is 27.2 Å². The molecule has 0 radical (unpaired) electrons. The second-order valence-corrected chi connectivity index (χ2v) is 5.50. The summed E-state index contributed by atoms with van der Waals surface area (Å²) in [6.07, 6.45) is 0.846. The Labute approximate surface area is 119 Å². The van der Waals surface area contributed by atoms with Crippen LogP contribution >= 0.6 is 0 Å². The molecule has 0 aliphatic carbocycles. The van der Waals surface area contributed by atoms with Crippen molar-refractivity contribution in [2.24, 2.45) is 0 Å². The Bertz CT molecular complexity index is 537. The molecule has 5 nitrogen and oxygen atoms in total. The molecule has 1 heterocycles. The Morgan fingerprint density at radius 3 is 2.65 bits per heavy atom. The van der Waals surface area contributed by atoms with Crippen molar-refractivity contribution in [3.63, 3.8) is 0 Å². The fourth-order valence-corrected chi connectivity index (χ4v) is 2.07. The number of benzene rings is 1. The van der Waals surface area contributed by atoms with Crippen LogP contribution in [0.4, 0.5) is 5.95 Å². The molecule has 0 spiro atoms. The van der Waals surface area contributed by atoms with E-state index < -0.39 is 0 Å². The zero-order valence-corrected chi connectivity index (χ0v) is 12.4. The highest BCUT2D eigenvalue weighted by Crippen LogP contribution is 2.20. The Morgan fingerprint density at radius 2 is 2.00 bits per heavy atom. The summed E-state index contributed by atoms with van der Waals surface area (Å²) in [5.41, 5.74) is 0.733. The number of hydrogen-bond acceptors (Lipinski definition) is 5. The van der Waals surface area contributed by atoms with E-state index in [4.69, 9.17) is 9.26 Å². The van der Waals surface area contributed by atoms with E-state index in [0.29, 0.717) is 11.8 Å². The van der Waals surface area contributed by atoms with Gasteiger partial charge in [-0.25, -0.2) is 0 Å². The number of nitrogens with zero attached hydrogens (tertiary/aromatic N) is 2. The second kappa shape index (κ2) is 6.05. The first-order valence-electron chi connectivity index (χ1n) is 6.71. The summed E-state index contributed by atoms with van der Waals surface area (Å²) in [5.74, 6) is 1.02. The number of rotatable bonds is 6. The van der Waals surface area contributed by atoms with Crippen LogP contribution in [0, 0.1) is 0 Å². The van der Waals surface area contributed by atoms with Crippen LogP contribution in [0.25, 0.3) is 11.5 Å². The fraction of sp³-hybridized carbons (Fsp3) is 0.467. The van der Waals surface area contributed by atoms with E-state index in [9.17, 15) is 0 Å². The third-order valence-corrected chi connectivity index (χ3v) is 3.17. The minimum absolute atomic E-state index is 0.182. The maximum absolute atomic E-state index is 5.42. The van der Waals surface area contributed by atoms with E-state index >= 15 is 0 Å². The molecule has 2 rings (SSSR count). The molecule has 1 unspecified atom stereocenters. The molecule has 0 bridgehead atoms. The fourth-order valence-electron chi connectivity index (χ4n) is 2.07. The first kappa shape index (κ1) is 14.5. The minimum atomic E-state index is -0.182. The third kappa shape index (κ3) is 3.81. The standard InChI is InChI=1S/C15H21N3O2/c1-11(10-15(2,3)19-4)16-14-17-13(20-18-14)12-8-6-5-7-9-12/h5-9,11H,10H2,1-4H3,(H,16,18). The van der Waals surface area contributed by atoms with E-state index in [1.165, 1.54) is 0 Å². The van der Waals surface area contributed by atoms with Gasteiger partial charge in [0.15, 0.2) is 0 Å². The lowest BCUT2D eigenvalue weighted by Gasteiger charge is -2.26. The lowest BCUT2D eigenvalue weighted by Crippen LogP contribution is -2.31. The van der Waals surface area contributed by atoms with Crippen molar-refractivity contribution >= 4 is 5.95 Å². The van der Waals surface area contributed by atoms with Gasteiger partial charge in [0.05, 0.1) is 5.60 Å². The van der Waals surface area contributed by atoms with Gasteiger partial charge in [-0.2, -0.15) is 4.98 Å². The number of aromatic nitrogens is 2. The summed E-state index contributed by atoms with van der Waals surface area (Å²) >= 11 is 0. The Hall–Kier alpha value is -1.88. The van der Waals surface area contributed by atoms with E-state index in [1.807, 2.05) is 30.3 Å². The van der Waals surface area contributed by atoms with E-state index in [0.717, 1.165) is 12.0 Å². The van der Waals surface area contributed by atoms with Crippen LogP contribution in [0.15, 0.2) is 34.9 Å². The Morgan fingerprint density at radius 1 is 1.30 bits per heavy atom. The second-order valence-electron chi connectivity index (χ2n) is 5.50. The highest BCUT2D eigenvalue weighted by molar-refractivity contribution is 5.53. The van der Waals surface area contributed by atoms with Crippen LogP contribution in [0.5, 0.6) is 0 Å². The van der Waals surface area contributed by atoms with E-state index in [-0.39, 0.29) is 11.6 Å². The predicted octanol–water partition coefficient (Wildman–Crippen LogP) is 3.35. The number of nitrogens with one attached hydrogen (secondary N) is 1. The average Bonchev–Trinajstić information content (AvgIpc) is 2.87. The number of hydrogen-bond donors (Lipinski definition) is 1. The number of ether oxygens (including phenoxy) is 1. The molecule has 1 aromatic carbocycles. The molecule has 1 atom stereocenters. The molecule has 0 saturated heterocycles. The molecular formula is C15H21N3O2. The van der Waals surface area contributed by atoms with Gasteiger partial charge in [0.2, 0.25) is 0 Å². The number of anilines is 1. The van der Waals surface area contributed by atoms with E-state index in [1.54, 1.807) is 7.11 Å². The SMILES string of the molecule is COC(C)(C)CC(C)Nc1noc(-c2ccccc2)n1. The maximum atomic E-state index is 5.42. The quantitative estimate of drug-likeness (QED) is 0.876. The Balaban J connectivity index is 2.00. The van der Waals surface area contributed by atoms with Gasteiger partial charge in [-0.05, 0) is 44.5 Å². The van der Waals surface area contributed by atoms with Crippen molar-refractivity contribution in [2.45, 2.75) is 38.8 Å². The molecule has 0 fully saturated rings. The lowest BCUT2D eigenvalue weighted by molar-refractivity contribution is 0.0127. The first-order chi connectivity index (χ1) is 9.50. The van der Waals surface area contributed by atoms with Gasteiger partial charge in [-0.15, -0.1) is 0 Å². The van der Waals surface area contributed by atoms with E-state index in [2.05, 4.69) is 36.2 Å². The van der Waals surface area contributed by atoms with Crippen LogP contribution in [0.3, 0.4) is 0 Å². The summed E-state index contributed by atoms with van der Waals surface area (Å²) in [6, 6.07) is 9.90. The van der Waals surface area contributed by atoms with Crippen LogP contribution in [-0.4, -0.2) is 28.9 Å². The molecule has 5 heteroatoms. The minimum Gasteiger partial charge on any atom is -0.379 e. The van der Waals surface area contributed by atoms with Gasteiger partial charge < -0.3 is 14.6 Å². The maximum Gasteiger partial charge on any atom is 0.263 e. The zero-order valence-electron chi connectivity index (χ0n) is 12.4. The van der Waals surface area contributed by atoms with Crippen molar-refractivity contribution < 1.29 is 9.26 Å². The molecule has 0 saturated carbocycles. The van der Waals surface area contributed by atoms with Gasteiger partial charge in [0, 0.05) is 18.7 Å². The lowest BCUT2D eigenvalue weighted by atomic mass is 10.00. The van der Waals surface area contributed by atoms with Gasteiger partial charge in [0.1, 0.15) is 0 Å². The summed E-state index contributed by atoms with van der Waals surface area (Å²) in [7, 11) is 1.72. The highest BCUT2D eigenvalue weighted by Gasteiger charge is 2.21. The summed E-state index contributed by atoms with van der Waals surface area (Å²) in [6.45, 7) is 6.17. The molecule has 0 aliphatic heterocycles. The normalized spacial score (nSPS) is 13.2. The van der Waals surface area contributed by atoms with Crippen LogP contribution < -0.4 is 5.32 Å². The van der Waals surface area contributed by atoms with Crippen molar-refractivity contribution in [3.05, 3.63) is 30.3 Å². The van der Waals surface area contributed by atoms with Gasteiger partial charge in [-0.1, -0.05) is 18.2 Å². The topological polar surface area (TPSA) is 60.2 Å².